The van der Waals surface area contributed by atoms with Crippen LogP contribution in [0.4, 0.5) is 0 Å². The summed E-state index contributed by atoms with van der Waals surface area (Å²) in [6, 6.07) is 2.05. The summed E-state index contributed by atoms with van der Waals surface area (Å²) in [4.78, 5) is 14.5. The number of likely N-dealkylation sites (tertiary alicyclic amines) is 1. The number of piperidine rings is 1. The van der Waals surface area contributed by atoms with Gasteiger partial charge in [0, 0.05) is 26.2 Å². The average molecular weight is 264 g/mol. The minimum atomic E-state index is 0.0834. The molecule has 2 rings (SSSR count). The molecular weight excluding hydrogens is 240 g/mol. The molecule has 0 bridgehead atoms. The summed E-state index contributed by atoms with van der Waals surface area (Å²) in [5.41, 5.74) is 7.62. The quantitative estimate of drug-likeness (QED) is 0.891. The fourth-order valence-electron chi connectivity index (χ4n) is 2.69. The fraction of sp³-hybridized carbons (Fsp3) is 0.714. The Bertz CT molecular complexity index is 452. The summed E-state index contributed by atoms with van der Waals surface area (Å²) in [6.45, 7) is 5.67. The number of carbonyl (C=O) groups is 1. The molecular formula is C14H24N4O. The smallest absolute Gasteiger partial charge is 0.272 e. The van der Waals surface area contributed by atoms with Crippen LogP contribution in [0.1, 0.15) is 42.9 Å². The molecule has 1 saturated heterocycles. The molecule has 2 unspecified atom stereocenters. The highest BCUT2D eigenvalue weighted by Crippen LogP contribution is 2.20. The van der Waals surface area contributed by atoms with Crippen LogP contribution in [0.5, 0.6) is 0 Å². The van der Waals surface area contributed by atoms with Gasteiger partial charge in [-0.25, -0.2) is 0 Å². The fourth-order valence-corrected chi connectivity index (χ4v) is 2.69. The summed E-state index contributed by atoms with van der Waals surface area (Å²) in [5.74, 6) is 0.497. The summed E-state index contributed by atoms with van der Waals surface area (Å²) in [7, 11) is 1.83. The molecule has 1 fully saturated rings. The molecule has 0 spiro atoms. The van der Waals surface area contributed by atoms with Gasteiger partial charge in [0.1, 0.15) is 5.69 Å². The van der Waals surface area contributed by atoms with Crippen molar-refractivity contribution in [3.63, 3.8) is 0 Å². The molecule has 2 N–H and O–H groups in total. The van der Waals surface area contributed by atoms with Crippen LogP contribution in [0.15, 0.2) is 6.07 Å². The van der Waals surface area contributed by atoms with E-state index < -0.39 is 0 Å². The van der Waals surface area contributed by atoms with Crippen LogP contribution in [-0.4, -0.2) is 39.7 Å². The van der Waals surface area contributed by atoms with Gasteiger partial charge in [0.25, 0.3) is 5.91 Å². The lowest BCUT2D eigenvalue weighted by Crippen LogP contribution is -2.45. The van der Waals surface area contributed by atoms with E-state index in [1.54, 1.807) is 4.68 Å². The van der Waals surface area contributed by atoms with Crippen LogP contribution >= 0.6 is 0 Å². The van der Waals surface area contributed by atoms with E-state index in [-0.39, 0.29) is 11.9 Å². The van der Waals surface area contributed by atoms with E-state index in [9.17, 15) is 4.79 Å². The van der Waals surface area contributed by atoms with Crippen molar-refractivity contribution in [2.24, 2.45) is 18.7 Å². The SMILES string of the molecule is CCc1cc(C(=O)N2CCCC(C(C)N)C2)n(C)n1. The highest BCUT2D eigenvalue weighted by Gasteiger charge is 2.27. The Morgan fingerprint density at radius 1 is 1.63 bits per heavy atom. The molecule has 1 aromatic rings. The van der Waals surface area contributed by atoms with Crippen LogP contribution < -0.4 is 5.73 Å². The van der Waals surface area contributed by atoms with Crippen molar-refractivity contribution >= 4 is 5.91 Å². The Labute approximate surface area is 114 Å². The summed E-state index contributed by atoms with van der Waals surface area (Å²) in [5, 5.41) is 4.34. The van der Waals surface area contributed by atoms with E-state index in [0.717, 1.165) is 38.0 Å². The molecule has 2 heterocycles. The highest BCUT2D eigenvalue weighted by atomic mass is 16.2. The van der Waals surface area contributed by atoms with Gasteiger partial charge in [0.05, 0.1) is 5.69 Å². The normalized spacial score (nSPS) is 21.5. The lowest BCUT2D eigenvalue weighted by atomic mass is 9.92. The predicted octanol–water partition coefficient (Wildman–Crippen LogP) is 1.18. The molecule has 0 aliphatic carbocycles. The standard InChI is InChI=1S/C14H24N4O/c1-4-12-8-13(17(3)16-12)14(19)18-7-5-6-11(9-18)10(2)15/h8,10-11H,4-7,9,15H2,1-3H3. The third kappa shape index (κ3) is 2.97. The van der Waals surface area contributed by atoms with Gasteiger partial charge in [-0.05, 0) is 38.2 Å². The van der Waals surface area contributed by atoms with E-state index in [1.165, 1.54) is 0 Å². The maximum Gasteiger partial charge on any atom is 0.272 e. The van der Waals surface area contributed by atoms with Crippen molar-refractivity contribution < 1.29 is 4.79 Å². The predicted molar refractivity (Wildman–Crippen MR) is 74.9 cm³/mol. The Hall–Kier alpha value is -1.36. The topological polar surface area (TPSA) is 64.2 Å². The van der Waals surface area contributed by atoms with E-state index in [2.05, 4.69) is 5.10 Å². The number of carbonyl (C=O) groups excluding carboxylic acids is 1. The first-order valence-electron chi connectivity index (χ1n) is 7.10. The monoisotopic (exact) mass is 264 g/mol. The summed E-state index contributed by atoms with van der Waals surface area (Å²) < 4.78 is 1.69. The van der Waals surface area contributed by atoms with Crippen molar-refractivity contribution in [3.05, 3.63) is 17.5 Å². The molecule has 1 aromatic heterocycles. The number of hydrogen-bond donors (Lipinski definition) is 1. The molecule has 1 amide bonds. The number of aryl methyl sites for hydroxylation is 2. The van der Waals surface area contributed by atoms with Gasteiger partial charge in [-0.2, -0.15) is 5.10 Å². The first-order valence-corrected chi connectivity index (χ1v) is 7.10. The van der Waals surface area contributed by atoms with Gasteiger partial charge in [0.15, 0.2) is 0 Å². The number of amides is 1. The lowest BCUT2D eigenvalue weighted by Gasteiger charge is -2.34. The van der Waals surface area contributed by atoms with E-state index >= 15 is 0 Å². The van der Waals surface area contributed by atoms with E-state index in [4.69, 9.17) is 5.73 Å². The summed E-state index contributed by atoms with van der Waals surface area (Å²) in [6.07, 6.45) is 3.01. The largest absolute Gasteiger partial charge is 0.337 e. The zero-order valence-corrected chi connectivity index (χ0v) is 12.1. The molecule has 5 heteroatoms. The van der Waals surface area contributed by atoms with E-state index in [0.29, 0.717) is 11.6 Å². The van der Waals surface area contributed by atoms with Gasteiger partial charge in [-0.3, -0.25) is 9.48 Å². The zero-order valence-electron chi connectivity index (χ0n) is 12.1. The minimum Gasteiger partial charge on any atom is -0.337 e. The molecule has 0 radical (unpaired) electrons. The van der Waals surface area contributed by atoms with Gasteiger partial charge in [0.2, 0.25) is 0 Å². The van der Waals surface area contributed by atoms with Crippen molar-refractivity contribution in [2.75, 3.05) is 13.1 Å². The van der Waals surface area contributed by atoms with Crippen LogP contribution in [0.25, 0.3) is 0 Å². The number of nitrogens with zero attached hydrogens (tertiary/aromatic N) is 3. The maximum atomic E-state index is 12.5. The number of rotatable bonds is 3. The highest BCUT2D eigenvalue weighted by molar-refractivity contribution is 5.92. The van der Waals surface area contributed by atoms with Gasteiger partial charge < -0.3 is 10.6 Å². The maximum absolute atomic E-state index is 12.5. The van der Waals surface area contributed by atoms with Crippen LogP contribution in [0.2, 0.25) is 0 Å². The Morgan fingerprint density at radius 2 is 2.37 bits per heavy atom. The van der Waals surface area contributed by atoms with E-state index in [1.807, 2.05) is 31.9 Å². The number of hydrogen-bond acceptors (Lipinski definition) is 3. The van der Waals surface area contributed by atoms with Crippen LogP contribution in [0, 0.1) is 5.92 Å². The Kier molecular flexibility index (Phi) is 4.24. The van der Waals surface area contributed by atoms with Crippen LogP contribution in [-0.2, 0) is 13.5 Å². The third-order valence-corrected chi connectivity index (χ3v) is 4.00. The molecule has 2 atom stereocenters. The van der Waals surface area contributed by atoms with Gasteiger partial charge >= 0.3 is 0 Å². The first-order chi connectivity index (χ1) is 9.02. The third-order valence-electron chi connectivity index (χ3n) is 4.00. The Morgan fingerprint density at radius 3 is 2.95 bits per heavy atom. The summed E-state index contributed by atoms with van der Waals surface area (Å²) >= 11 is 0. The molecule has 1 aliphatic heterocycles. The van der Waals surface area contributed by atoms with Crippen molar-refractivity contribution in [3.8, 4) is 0 Å². The number of nitrogens with two attached hydrogens (primary N) is 1. The van der Waals surface area contributed by atoms with Gasteiger partial charge in [-0.15, -0.1) is 0 Å². The lowest BCUT2D eigenvalue weighted by molar-refractivity contribution is 0.0650. The zero-order chi connectivity index (χ0) is 14.0. The second-order valence-electron chi connectivity index (χ2n) is 5.51. The molecule has 19 heavy (non-hydrogen) atoms. The molecule has 5 nitrogen and oxygen atoms in total. The minimum absolute atomic E-state index is 0.0834. The molecule has 0 saturated carbocycles. The molecule has 106 valence electrons. The van der Waals surface area contributed by atoms with Crippen molar-refractivity contribution in [1.82, 2.24) is 14.7 Å². The average Bonchev–Trinajstić information content (AvgIpc) is 2.79. The number of aromatic nitrogens is 2. The molecule has 0 aromatic carbocycles. The molecule has 1 aliphatic rings. The first kappa shape index (κ1) is 14.1. The second-order valence-corrected chi connectivity index (χ2v) is 5.51. The van der Waals surface area contributed by atoms with Crippen LogP contribution in [0.3, 0.4) is 0 Å². The Balaban J connectivity index is 2.12. The van der Waals surface area contributed by atoms with Crippen molar-refractivity contribution in [1.29, 1.82) is 0 Å². The van der Waals surface area contributed by atoms with Crippen molar-refractivity contribution in [2.45, 2.75) is 39.2 Å². The van der Waals surface area contributed by atoms with Gasteiger partial charge in [-0.1, -0.05) is 6.92 Å². The second kappa shape index (κ2) is 5.74.